The van der Waals surface area contributed by atoms with E-state index in [1.165, 1.54) is 0 Å². The summed E-state index contributed by atoms with van der Waals surface area (Å²) < 4.78 is 5.43. The molecule has 1 saturated heterocycles. The van der Waals surface area contributed by atoms with Gasteiger partial charge in [0.25, 0.3) is 0 Å². The van der Waals surface area contributed by atoms with E-state index in [2.05, 4.69) is 25.8 Å². The lowest BCUT2D eigenvalue weighted by molar-refractivity contribution is -0.133. The van der Waals surface area contributed by atoms with Gasteiger partial charge in [0.2, 0.25) is 5.91 Å². The summed E-state index contributed by atoms with van der Waals surface area (Å²) in [5, 5.41) is 0. The molecule has 0 unspecified atom stereocenters. The Morgan fingerprint density at radius 1 is 1.38 bits per heavy atom. The van der Waals surface area contributed by atoms with E-state index in [1.807, 2.05) is 4.90 Å². The second-order valence-electron chi connectivity index (χ2n) is 6.94. The van der Waals surface area contributed by atoms with E-state index in [9.17, 15) is 4.79 Å². The van der Waals surface area contributed by atoms with Crippen molar-refractivity contribution in [2.75, 3.05) is 27.3 Å². The number of hydrogen-bond donors (Lipinski definition) is 1. The number of nitrogens with zero attached hydrogens (tertiary/aromatic N) is 2. The van der Waals surface area contributed by atoms with Gasteiger partial charge in [-0.15, -0.1) is 0 Å². The number of methoxy groups -OCH3 is 1. The normalized spacial score (nSPS) is 34.2. The van der Waals surface area contributed by atoms with Gasteiger partial charge in [-0.2, -0.15) is 0 Å². The maximum atomic E-state index is 12.2. The highest BCUT2D eigenvalue weighted by Crippen LogP contribution is 2.33. The van der Waals surface area contributed by atoms with Crippen LogP contribution in [0, 0.1) is 5.92 Å². The van der Waals surface area contributed by atoms with Gasteiger partial charge in [0.15, 0.2) is 0 Å². The van der Waals surface area contributed by atoms with E-state index in [-0.39, 0.29) is 11.9 Å². The Balaban J connectivity index is 2.05. The van der Waals surface area contributed by atoms with Crippen molar-refractivity contribution in [3.63, 3.8) is 0 Å². The van der Waals surface area contributed by atoms with Crippen molar-refractivity contribution < 1.29 is 9.53 Å². The van der Waals surface area contributed by atoms with Crippen molar-refractivity contribution in [1.29, 1.82) is 0 Å². The molecule has 1 saturated carbocycles. The molecule has 122 valence electrons. The van der Waals surface area contributed by atoms with Gasteiger partial charge in [-0.3, -0.25) is 4.79 Å². The Morgan fingerprint density at radius 3 is 2.62 bits per heavy atom. The third-order valence-corrected chi connectivity index (χ3v) is 5.37. The molecule has 0 aromatic carbocycles. The first-order valence-electron chi connectivity index (χ1n) is 8.22. The highest BCUT2D eigenvalue weighted by atomic mass is 16.5. The predicted molar refractivity (Wildman–Crippen MR) is 84.0 cm³/mol. The minimum absolute atomic E-state index is 0.136. The van der Waals surface area contributed by atoms with Crippen LogP contribution in [-0.4, -0.2) is 67.2 Å². The van der Waals surface area contributed by atoms with Crippen LogP contribution in [0.4, 0.5) is 0 Å². The third kappa shape index (κ3) is 3.58. The van der Waals surface area contributed by atoms with Gasteiger partial charge in [0.1, 0.15) is 0 Å². The topological polar surface area (TPSA) is 58.8 Å². The summed E-state index contributed by atoms with van der Waals surface area (Å²) in [6.07, 6.45) is 4.11. The summed E-state index contributed by atoms with van der Waals surface area (Å²) in [6, 6.07) is 1.16. The van der Waals surface area contributed by atoms with Crippen LogP contribution in [0.3, 0.4) is 0 Å². The van der Waals surface area contributed by atoms with Crippen LogP contribution >= 0.6 is 0 Å². The molecule has 0 radical (unpaired) electrons. The van der Waals surface area contributed by atoms with Crippen molar-refractivity contribution in [2.24, 2.45) is 11.7 Å². The fraction of sp³-hybridized carbons (Fsp3) is 0.938. The number of carbonyl (C=O) groups excluding carboxylic acids is 1. The van der Waals surface area contributed by atoms with Gasteiger partial charge in [0.05, 0.1) is 12.6 Å². The van der Waals surface area contributed by atoms with E-state index in [0.29, 0.717) is 24.0 Å². The number of rotatable bonds is 5. The number of carbonyl (C=O) groups is 1. The zero-order valence-corrected chi connectivity index (χ0v) is 13.9. The van der Waals surface area contributed by atoms with E-state index >= 15 is 0 Å². The Bertz CT molecular complexity index is 361. The summed E-state index contributed by atoms with van der Waals surface area (Å²) in [4.78, 5) is 16.7. The van der Waals surface area contributed by atoms with Gasteiger partial charge in [-0.05, 0) is 46.6 Å². The highest BCUT2D eigenvalue weighted by molar-refractivity contribution is 5.84. The van der Waals surface area contributed by atoms with Crippen molar-refractivity contribution in [2.45, 2.75) is 63.7 Å². The van der Waals surface area contributed by atoms with Crippen molar-refractivity contribution >= 4 is 5.91 Å². The van der Waals surface area contributed by atoms with Gasteiger partial charge >= 0.3 is 0 Å². The number of ether oxygens (including phenoxy) is 1. The SMILES string of the molecule is COC[C@H]1C[C@H](N(C)C(C)C)CC[C@@H]1N1CC[C@H](N)C1=O. The lowest BCUT2D eigenvalue weighted by atomic mass is 9.80. The fourth-order valence-electron chi connectivity index (χ4n) is 3.87. The summed E-state index contributed by atoms with van der Waals surface area (Å²) in [5.74, 6) is 0.556. The molecule has 2 N–H and O–H groups in total. The van der Waals surface area contributed by atoms with Crippen LogP contribution in [-0.2, 0) is 9.53 Å². The largest absolute Gasteiger partial charge is 0.384 e. The fourth-order valence-corrected chi connectivity index (χ4v) is 3.87. The lowest BCUT2D eigenvalue weighted by Gasteiger charge is -2.44. The molecule has 0 aromatic heterocycles. The highest BCUT2D eigenvalue weighted by Gasteiger charge is 2.41. The quantitative estimate of drug-likeness (QED) is 0.825. The Labute approximate surface area is 128 Å². The van der Waals surface area contributed by atoms with Crippen LogP contribution in [0.15, 0.2) is 0 Å². The standard InChI is InChI=1S/C16H31N3O2/c1-11(2)18(3)13-5-6-15(12(9-13)10-21-4)19-8-7-14(17)16(19)20/h11-15H,5-10,17H2,1-4H3/t12-,13-,14+,15+/m1/s1. The first-order valence-corrected chi connectivity index (χ1v) is 8.22. The molecule has 0 spiro atoms. The molecule has 5 heteroatoms. The molecule has 21 heavy (non-hydrogen) atoms. The molecule has 2 rings (SSSR count). The maximum absolute atomic E-state index is 12.2. The van der Waals surface area contributed by atoms with Crippen LogP contribution < -0.4 is 5.73 Å². The second kappa shape index (κ2) is 7.07. The first-order chi connectivity index (χ1) is 9.95. The smallest absolute Gasteiger partial charge is 0.239 e. The number of hydrogen-bond acceptors (Lipinski definition) is 4. The third-order valence-electron chi connectivity index (χ3n) is 5.37. The van der Waals surface area contributed by atoms with Gasteiger partial charge < -0.3 is 20.3 Å². The maximum Gasteiger partial charge on any atom is 0.239 e. The van der Waals surface area contributed by atoms with Crippen LogP contribution in [0.1, 0.15) is 39.5 Å². The molecular weight excluding hydrogens is 266 g/mol. The number of likely N-dealkylation sites (tertiary alicyclic amines) is 1. The minimum Gasteiger partial charge on any atom is -0.384 e. The molecule has 2 aliphatic rings. The first kappa shape index (κ1) is 16.7. The summed E-state index contributed by atoms with van der Waals surface area (Å²) in [7, 11) is 3.96. The molecule has 4 atom stereocenters. The summed E-state index contributed by atoms with van der Waals surface area (Å²) >= 11 is 0. The van der Waals surface area contributed by atoms with E-state index in [1.54, 1.807) is 7.11 Å². The molecular formula is C16H31N3O2. The molecule has 2 fully saturated rings. The van der Waals surface area contributed by atoms with Crippen molar-refractivity contribution in [3.05, 3.63) is 0 Å². The van der Waals surface area contributed by atoms with E-state index < -0.39 is 0 Å². The zero-order chi connectivity index (χ0) is 15.6. The Hall–Kier alpha value is -0.650. The lowest BCUT2D eigenvalue weighted by Crippen LogP contribution is -2.52. The average Bonchev–Trinajstić information content (AvgIpc) is 2.78. The van der Waals surface area contributed by atoms with Gasteiger partial charge in [-0.25, -0.2) is 0 Å². The molecule has 1 heterocycles. The van der Waals surface area contributed by atoms with Crippen LogP contribution in [0.5, 0.6) is 0 Å². The monoisotopic (exact) mass is 297 g/mol. The molecule has 0 aromatic rings. The summed E-state index contributed by atoms with van der Waals surface area (Å²) in [5.41, 5.74) is 5.88. The van der Waals surface area contributed by atoms with Gasteiger partial charge in [-0.1, -0.05) is 0 Å². The van der Waals surface area contributed by atoms with Crippen LogP contribution in [0.2, 0.25) is 0 Å². The molecule has 1 aliphatic heterocycles. The van der Waals surface area contributed by atoms with Gasteiger partial charge in [0, 0.05) is 37.7 Å². The zero-order valence-electron chi connectivity index (χ0n) is 13.9. The number of nitrogens with two attached hydrogens (primary N) is 1. The Kier molecular flexibility index (Phi) is 5.63. The summed E-state index contributed by atoms with van der Waals surface area (Å²) in [6.45, 7) is 6.02. The molecule has 1 aliphatic carbocycles. The van der Waals surface area contributed by atoms with Crippen molar-refractivity contribution in [3.8, 4) is 0 Å². The minimum atomic E-state index is -0.288. The van der Waals surface area contributed by atoms with Crippen molar-refractivity contribution in [1.82, 2.24) is 9.80 Å². The molecule has 1 amide bonds. The van der Waals surface area contributed by atoms with E-state index in [0.717, 1.165) is 38.8 Å². The molecule has 0 bridgehead atoms. The second-order valence-corrected chi connectivity index (χ2v) is 6.94. The van der Waals surface area contributed by atoms with Crippen LogP contribution in [0.25, 0.3) is 0 Å². The Morgan fingerprint density at radius 2 is 2.10 bits per heavy atom. The predicted octanol–water partition coefficient (Wildman–Crippen LogP) is 1.07. The number of amides is 1. The van der Waals surface area contributed by atoms with E-state index in [4.69, 9.17) is 10.5 Å². The molecule has 5 nitrogen and oxygen atoms in total. The average molecular weight is 297 g/mol.